The van der Waals surface area contributed by atoms with Crippen LogP contribution in [0.25, 0.3) is 10.9 Å². The Morgan fingerprint density at radius 2 is 0.868 bits per heavy atom. The molecule has 488 valence electrons. The van der Waals surface area contributed by atoms with Crippen LogP contribution in [0.2, 0.25) is 0 Å². The van der Waals surface area contributed by atoms with Crippen LogP contribution in [-0.2, 0) is 14.2 Å². The second-order valence-electron chi connectivity index (χ2n) is 24.7. The Bertz CT molecular complexity index is 3290. The Hall–Kier alpha value is -8.86. The Balaban J connectivity index is 0.000000254. The van der Waals surface area contributed by atoms with Crippen LogP contribution in [0.1, 0.15) is 180 Å². The smallest absolute Gasteiger partial charge is 0.408 e. The highest BCUT2D eigenvalue weighted by molar-refractivity contribution is 5.83. The van der Waals surface area contributed by atoms with E-state index >= 15 is 0 Å². The number of nitrogens with two attached hydrogens (primary N) is 1. The number of alkyl carbamates (subject to hydrolysis) is 3. The molecule has 1 aromatic heterocycles. The van der Waals surface area contributed by atoms with E-state index in [2.05, 4.69) is 41.9 Å². The number of hydrogen-bond acceptors (Lipinski definition) is 11. The van der Waals surface area contributed by atoms with E-state index < -0.39 is 28.9 Å². The zero-order valence-electron chi connectivity index (χ0n) is 56.0. The molecule has 0 aliphatic carbocycles. The van der Waals surface area contributed by atoms with Gasteiger partial charge in [0.15, 0.2) is 0 Å². The molecule has 0 spiro atoms. The number of carbonyl (C=O) groups is 3. The Morgan fingerprint density at radius 3 is 1.22 bits per heavy atom. The van der Waals surface area contributed by atoms with Gasteiger partial charge in [0, 0.05) is 24.5 Å². The van der Waals surface area contributed by atoms with Gasteiger partial charge in [-0.3, -0.25) is 9.36 Å². The number of nitrogens with one attached hydrogen (secondary N) is 3. The first kappa shape index (κ1) is 74.6. The molecule has 1 heterocycles. The van der Waals surface area contributed by atoms with Crippen LogP contribution >= 0.6 is 0 Å². The molecule has 0 saturated heterocycles. The number of amides is 3. The van der Waals surface area contributed by atoms with Gasteiger partial charge in [-0.25, -0.2) is 23.8 Å². The SMILES string of the molecule is CC(C)(C)OC(=O)N[C@H](CO)c1ccccc1.CC[C@@H](N)c1ccccc1.CC[C@@H](NC(=O)OC(C)(C)C)c1ccccc1.CC[C@@H](NC(=O)OC(C)(C)C)c1ccccc1.CC[C@H](c1ccccc1)n1c(C)nc2ccc(N(C)c3ccc(F)cc3)cc2c1=O. The average Bonchev–Trinajstić information content (AvgIpc) is 0.802. The zero-order valence-corrected chi connectivity index (χ0v) is 56.0. The number of aliphatic hydroxyl groups excluding tert-OH is 1. The van der Waals surface area contributed by atoms with Crippen molar-refractivity contribution in [1.82, 2.24) is 25.5 Å². The van der Waals surface area contributed by atoms with Crippen molar-refractivity contribution in [3.8, 4) is 0 Å². The Kier molecular flexibility index (Phi) is 30.1. The highest BCUT2D eigenvalue weighted by Crippen LogP contribution is 2.28. The van der Waals surface area contributed by atoms with Crippen molar-refractivity contribution in [3.05, 3.63) is 244 Å². The van der Waals surface area contributed by atoms with E-state index in [9.17, 15) is 28.7 Å². The standard InChI is InChI=1S/C25H24FN3O.2C14H21NO2.C13H19NO3.C9H13N/c1-4-24(18-8-6-5-7-9-18)29-17(2)27-23-15-14-21(16-22(23)25(29)30)28(3)20-12-10-19(26)11-13-20;2*1-5-12(11-9-7-6-8-10-11)15-13(16)17-14(2,3)4;1-13(2,3)17-12(16)14-11(9-15)10-7-5-4-6-8-10;1-2-9(10)8-6-4-3-5-7-8/h5-16,24H,4H2,1-3H3;2*6-10,12H,5H2,1-4H3,(H,15,16);4-8,11,15H,9H2,1-3H3,(H,14,16);3-7,9H,2,10H2,1H3/t24-;2*12-;11-;9-/m11111/s1. The summed E-state index contributed by atoms with van der Waals surface area (Å²) in [7, 11) is 1.90. The number of nitrogens with zero attached hydrogens (tertiary/aromatic N) is 3. The maximum absolute atomic E-state index is 13.5. The largest absolute Gasteiger partial charge is 0.444 e. The topological polar surface area (TPSA) is 199 Å². The number of benzene rings is 7. The lowest BCUT2D eigenvalue weighted by Crippen LogP contribution is -2.36. The summed E-state index contributed by atoms with van der Waals surface area (Å²) < 4.78 is 30.7. The average molecular weight is 1240 g/mol. The summed E-state index contributed by atoms with van der Waals surface area (Å²) in [5, 5.41) is 18.2. The van der Waals surface area contributed by atoms with Crippen LogP contribution in [0, 0.1) is 12.7 Å². The number of hydrogen-bond donors (Lipinski definition) is 5. The molecular formula is C75H98FN7O8. The molecule has 0 fully saturated rings. The number of anilines is 2. The number of ether oxygens (including phenoxy) is 3. The minimum Gasteiger partial charge on any atom is -0.444 e. The number of aryl methyl sites for hydroxylation is 1. The van der Waals surface area contributed by atoms with Crippen LogP contribution < -0.4 is 32.1 Å². The highest BCUT2D eigenvalue weighted by Gasteiger charge is 2.23. The number of rotatable bonds is 16. The number of fused-ring (bicyclic) bond motifs is 1. The molecule has 91 heavy (non-hydrogen) atoms. The van der Waals surface area contributed by atoms with Gasteiger partial charge >= 0.3 is 18.3 Å². The highest BCUT2D eigenvalue weighted by atomic mass is 19.1. The fourth-order valence-corrected chi connectivity index (χ4v) is 9.35. The second kappa shape index (κ2) is 36.7. The quantitative estimate of drug-likeness (QED) is 0.0577. The lowest BCUT2D eigenvalue weighted by molar-refractivity contribution is 0.0475. The fourth-order valence-electron chi connectivity index (χ4n) is 9.35. The molecule has 0 aliphatic heterocycles. The molecule has 0 unspecified atom stereocenters. The number of halogens is 1. The molecule has 0 aliphatic rings. The van der Waals surface area contributed by atoms with E-state index in [1.165, 1.54) is 17.7 Å². The van der Waals surface area contributed by atoms with Crippen LogP contribution in [0.3, 0.4) is 0 Å². The third-order valence-electron chi connectivity index (χ3n) is 13.9. The second-order valence-corrected chi connectivity index (χ2v) is 24.7. The molecule has 3 amide bonds. The summed E-state index contributed by atoms with van der Waals surface area (Å²) in [5.41, 5.74) is 12.0. The molecule has 8 rings (SSSR count). The van der Waals surface area contributed by atoms with Gasteiger partial charge in [0.25, 0.3) is 5.56 Å². The molecule has 5 atom stereocenters. The van der Waals surface area contributed by atoms with E-state index in [-0.39, 0.29) is 54.3 Å². The number of aromatic nitrogens is 2. The summed E-state index contributed by atoms with van der Waals surface area (Å²) >= 11 is 0. The van der Waals surface area contributed by atoms with Gasteiger partial charge in [0.2, 0.25) is 0 Å². The zero-order chi connectivity index (χ0) is 67.3. The van der Waals surface area contributed by atoms with Crippen LogP contribution in [0.5, 0.6) is 0 Å². The van der Waals surface area contributed by atoms with E-state index in [4.69, 9.17) is 24.9 Å². The van der Waals surface area contributed by atoms with Gasteiger partial charge in [-0.2, -0.15) is 0 Å². The lowest BCUT2D eigenvalue weighted by atomic mass is 10.0. The first-order valence-corrected chi connectivity index (χ1v) is 31.2. The van der Waals surface area contributed by atoms with Gasteiger partial charge in [0.1, 0.15) is 28.4 Å². The molecular weight excluding hydrogens is 1150 g/mol. The molecule has 0 bridgehead atoms. The predicted molar refractivity (Wildman–Crippen MR) is 367 cm³/mol. The van der Waals surface area contributed by atoms with E-state index in [0.717, 1.165) is 59.3 Å². The Morgan fingerprint density at radius 1 is 0.516 bits per heavy atom. The third-order valence-corrected chi connectivity index (χ3v) is 13.9. The van der Waals surface area contributed by atoms with E-state index in [0.29, 0.717) is 16.7 Å². The summed E-state index contributed by atoms with van der Waals surface area (Å²) in [6.45, 7) is 26.5. The maximum atomic E-state index is 13.5. The minimum atomic E-state index is -0.541. The molecule has 7 aromatic carbocycles. The van der Waals surface area contributed by atoms with Crippen LogP contribution in [-0.4, -0.2) is 63.4 Å². The predicted octanol–water partition coefficient (Wildman–Crippen LogP) is 17.3. The monoisotopic (exact) mass is 1240 g/mol. The van der Waals surface area contributed by atoms with Gasteiger partial charge in [-0.1, -0.05) is 179 Å². The van der Waals surface area contributed by atoms with Crippen LogP contribution in [0.15, 0.2) is 199 Å². The third kappa shape index (κ3) is 26.2. The summed E-state index contributed by atoms with van der Waals surface area (Å²) in [4.78, 5) is 55.1. The van der Waals surface area contributed by atoms with Gasteiger partial charge in [-0.15, -0.1) is 0 Å². The van der Waals surface area contributed by atoms with Crippen molar-refractivity contribution in [3.63, 3.8) is 0 Å². The van der Waals surface area contributed by atoms with Gasteiger partial charge in [0.05, 0.1) is 41.7 Å². The van der Waals surface area contributed by atoms with Gasteiger partial charge < -0.3 is 45.9 Å². The molecule has 0 radical (unpaired) electrons. The molecule has 15 nitrogen and oxygen atoms in total. The van der Waals surface area contributed by atoms with Crippen LogP contribution in [0.4, 0.5) is 30.1 Å². The summed E-state index contributed by atoms with van der Waals surface area (Å²) in [5.74, 6) is 0.419. The molecule has 0 saturated carbocycles. The number of carbonyl (C=O) groups excluding carboxylic acids is 3. The maximum Gasteiger partial charge on any atom is 0.408 e. The minimum absolute atomic E-state index is 0.00560. The normalized spacial score (nSPS) is 12.7. The van der Waals surface area contributed by atoms with Crippen molar-refractivity contribution in [2.45, 2.75) is 170 Å². The van der Waals surface area contributed by atoms with E-state index in [1.54, 1.807) is 37.5 Å². The first-order valence-electron chi connectivity index (χ1n) is 31.2. The lowest BCUT2D eigenvalue weighted by Gasteiger charge is -2.23. The summed E-state index contributed by atoms with van der Waals surface area (Å²) in [6, 6.07) is 61.0. The van der Waals surface area contributed by atoms with Crippen molar-refractivity contribution >= 4 is 40.6 Å². The van der Waals surface area contributed by atoms with Crippen molar-refractivity contribution in [2.24, 2.45) is 5.73 Å². The molecule has 16 heteroatoms. The molecule has 6 N–H and O–H groups in total. The number of aliphatic hydroxyl groups is 1. The fraction of sp³-hybridized carbons (Fsp3) is 0.373. The molecule has 8 aromatic rings. The van der Waals surface area contributed by atoms with Crippen molar-refractivity contribution < 1.29 is 38.1 Å². The Labute approximate surface area is 539 Å². The van der Waals surface area contributed by atoms with Crippen molar-refractivity contribution in [1.29, 1.82) is 0 Å². The van der Waals surface area contributed by atoms with Gasteiger partial charge in [-0.05, 0) is 165 Å². The van der Waals surface area contributed by atoms with Crippen molar-refractivity contribution in [2.75, 3.05) is 18.6 Å². The first-order chi connectivity index (χ1) is 43.1. The summed E-state index contributed by atoms with van der Waals surface area (Å²) in [6.07, 6.45) is 2.20. The van der Waals surface area contributed by atoms with E-state index in [1.807, 2.05) is 232 Å².